The van der Waals surface area contributed by atoms with Gasteiger partial charge in [-0.1, -0.05) is 0 Å². The highest BCUT2D eigenvalue weighted by Crippen LogP contribution is 2.26. The summed E-state index contributed by atoms with van der Waals surface area (Å²) in [7, 11) is 0. The van der Waals surface area contributed by atoms with Gasteiger partial charge in [0.25, 0.3) is 0 Å². The maximum absolute atomic E-state index is 12.2. The second-order valence-corrected chi connectivity index (χ2v) is 5.09. The number of aliphatic hydroxyl groups is 1. The van der Waals surface area contributed by atoms with E-state index in [2.05, 4.69) is 0 Å². The number of amides is 1. The molecule has 4 nitrogen and oxygen atoms in total. The highest BCUT2D eigenvalue weighted by Gasteiger charge is 2.30. The van der Waals surface area contributed by atoms with Gasteiger partial charge in [-0.2, -0.15) is 0 Å². The molecule has 0 radical (unpaired) electrons. The summed E-state index contributed by atoms with van der Waals surface area (Å²) in [4.78, 5) is 14.2. The van der Waals surface area contributed by atoms with Gasteiger partial charge >= 0.3 is 0 Å². The molecule has 1 amide bonds. The number of aliphatic hydroxyl groups excluding tert-OH is 1. The smallest absolute Gasteiger partial charge is 0.225 e. The van der Waals surface area contributed by atoms with E-state index in [1.807, 2.05) is 4.90 Å². The fourth-order valence-electron chi connectivity index (χ4n) is 2.57. The number of hydrogen-bond acceptors (Lipinski definition) is 3. The van der Waals surface area contributed by atoms with Crippen LogP contribution in [0.25, 0.3) is 0 Å². The predicted octanol–water partition coefficient (Wildman–Crippen LogP) is 1.32. The van der Waals surface area contributed by atoms with Gasteiger partial charge in [0.05, 0.1) is 12.5 Å². The van der Waals surface area contributed by atoms with Crippen LogP contribution in [-0.2, 0) is 9.53 Å². The molecule has 1 unspecified atom stereocenters. The molecule has 1 aliphatic heterocycles. The van der Waals surface area contributed by atoms with Crippen LogP contribution in [0.1, 0.15) is 44.9 Å². The number of nitrogens with zero attached hydrogens (tertiary/aromatic N) is 1. The van der Waals surface area contributed by atoms with Crippen LogP contribution in [0.4, 0.5) is 0 Å². The van der Waals surface area contributed by atoms with Gasteiger partial charge in [-0.25, -0.2) is 0 Å². The standard InChI is InChI=1S/C13H23NO3/c15-8-3-7-14(11-4-1-5-11)13(16)10-12-6-2-9-17-12/h11-12,15H,1-10H2. The van der Waals surface area contributed by atoms with Crippen molar-refractivity contribution < 1.29 is 14.6 Å². The first kappa shape index (κ1) is 12.8. The number of carbonyl (C=O) groups excluding carboxylic acids is 1. The zero-order valence-electron chi connectivity index (χ0n) is 10.4. The number of ether oxygens (including phenoxy) is 1. The van der Waals surface area contributed by atoms with E-state index in [0.29, 0.717) is 25.4 Å². The lowest BCUT2D eigenvalue weighted by Gasteiger charge is -2.38. The van der Waals surface area contributed by atoms with Gasteiger partial charge in [0, 0.05) is 25.8 Å². The van der Waals surface area contributed by atoms with Gasteiger partial charge in [0.1, 0.15) is 0 Å². The van der Waals surface area contributed by atoms with E-state index in [0.717, 1.165) is 32.3 Å². The third-order valence-corrected chi connectivity index (χ3v) is 3.82. The molecule has 98 valence electrons. The van der Waals surface area contributed by atoms with Gasteiger partial charge in [-0.05, 0) is 38.5 Å². The molecule has 2 fully saturated rings. The number of rotatable bonds is 6. The lowest BCUT2D eigenvalue weighted by molar-refractivity contribution is -0.137. The molecule has 0 aromatic rings. The quantitative estimate of drug-likeness (QED) is 0.763. The van der Waals surface area contributed by atoms with Gasteiger partial charge in [-0.3, -0.25) is 4.79 Å². The molecule has 4 heteroatoms. The number of carbonyl (C=O) groups is 1. The summed E-state index contributed by atoms with van der Waals surface area (Å²) >= 11 is 0. The van der Waals surface area contributed by atoms with E-state index in [1.54, 1.807) is 0 Å². The second kappa shape index (κ2) is 6.36. The van der Waals surface area contributed by atoms with Crippen LogP contribution in [-0.4, -0.2) is 47.8 Å². The zero-order chi connectivity index (χ0) is 12.1. The molecule has 0 aromatic heterocycles. The van der Waals surface area contributed by atoms with Crippen molar-refractivity contribution in [2.24, 2.45) is 0 Å². The lowest BCUT2D eigenvalue weighted by Crippen LogP contribution is -2.45. The molecule has 1 atom stereocenters. The Kier molecular flexibility index (Phi) is 4.80. The summed E-state index contributed by atoms with van der Waals surface area (Å²) in [5.74, 6) is 0.218. The SMILES string of the molecule is O=C(CC1CCCO1)N(CCCO)C1CCC1. The molecule has 2 aliphatic rings. The minimum atomic E-state index is 0.138. The Morgan fingerprint density at radius 2 is 2.12 bits per heavy atom. The largest absolute Gasteiger partial charge is 0.396 e. The summed E-state index contributed by atoms with van der Waals surface area (Å²) in [6.07, 6.45) is 6.94. The van der Waals surface area contributed by atoms with E-state index in [1.165, 1.54) is 6.42 Å². The summed E-state index contributed by atoms with van der Waals surface area (Å²) in [6, 6.07) is 0.426. The van der Waals surface area contributed by atoms with E-state index in [4.69, 9.17) is 9.84 Å². The van der Waals surface area contributed by atoms with Gasteiger partial charge < -0.3 is 14.7 Å². The fourth-order valence-corrected chi connectivity index (χ4v) is 2.57. The van der Waals surface area contributed by atoms with E-state index >= 15 is 0 Å². The fraction of sp³-hybridized carbons (Fsp3) is 0.923. The Labute approximate surface area is 103 Å². The molecule has 0 spiro atoms. The average Bonchev–Trinajstić information content (AvgIpc) is 2.73. The van der Waals surface area contributed by atoms with Crippen molar-refractivity contribution in [3.8, 4) is 0 Å². The first-order chi connectivity index (χ1) is 8.31. The Morgan fingerprint density at radius 1 is 1.29 bits per heavy atom. The molecule has 1 aliphatic carbocycles. The van der Waals surface area contributed by atoms with Crippen LogP contribution in [0.3, 0.4) is 0 Å². The number of hydrogen-bond donors (Lipinski definition) is 1. The summed E-state index contributed by atoms with van der Waals surface area (Å²) in [6.45, 7) is 1.67. The molecule has 0 aromatic carbocycles. The van der Waals surface area contributed by atoms with Crippen LogP contribution < -0.4 is 0 Å². The van der Waals surface area contributed by atoms with Crippen molar-refractivity contribution in [3.63, 3.8) is 0 Å². The van der Waals surface area contributed by atoms with Crippen molar-refractivity contribution in [1.82, 2.24) is 4.90 Å². The Morgan fingerprint density at radius 3 is 2.65 bits per heavy atom. The highest BCUT2D eigenvalue weighted by molar-refractivity contribution is 5.77. The summed E-state index contributed by atoms with van der Waals surface area (Å²) in [5, 5.41) is 8.89. The third kappa shape index (κ3) is 3.42. The van der Waals surface area contributed by atoms with Gasteiger partial charge in [-0.15, -0.1) is 0 Å². The molecule has 2 rings (SSSR count). The van der Waals surface area contributed by atoms with Crippen molar-refractivity contribution in [3.05, 3.63) is 0 Å². The van der Waals surface area contributed by atoms with Crippen LogP contribution in [0.5, 0.6) is 0 Å². The molecule has 1 N–H and O–H groups in total. The first-order valence-electron chi connectivity index (χ1n) is 6.83. The predicted molar refractivity (Wildman–Crippen MR) is 64.6 cm³/mol. The maximum Gasteiger partial charge on any atom is 0.225 e. The van der Waals surface area contributed by atoms with Crippen molar-refractivity contribution in [2.45, 2.75) is 57.1 Å². The van der Waals surface area contributed by atoms with Crippen LogP contribution >= 0.6 is 0 Å². The zero-order valence-corrected chi connectivity index (χ0v) is 10.4. The van der Waals surface area contributed by atoms with Gasteiger partial charge in [0.2, 0.25) is 5.91 Å². The molecular weight excluding hydrogens is 218 g/mol. The minimum Gasteiger partial charge on any atom is -0.396 e. The molecule has 1 saturated carbocycles. The Balaban J connectivity index is 1.82. The van der Waals surface area contributed by atoms with Crippen LogP contribution in [0.2, 0.25) is 0 Å². The topological polar surface area (TPSA) is 49.8 Å². The Bertz CT molecular complexity index is 247. The molecule has 0 bridgehead atoms. The molecule has 1 heterocycles. The van der Waals surface area contributed by atoms with E-state index in [-0.39, 0.29) is 18.6 Å². The van der Waals surface area contributed by atoms with Gasteiger partial charge in [0.15, 0.2) is 0 Å². The second-order valence-electron chi connectivity index (χ2n) is 5.09. The van der Waals surface area contributed by atoms with E-state index in [9.17, 15) is 4.79 Å². The molecular formula is C13H23NO3. The monoisotopic (exact) mass is 241 g/mol. The summed E-state index contributed by atoms with van der Waals surface area (Å²) < 4.78 is 5.51. The van der Waals surface area contributed by atoms with E-state index < -0.39 is 0 Å². The van der Waals surface area contributed by atoms with Crippen molar-refractivity contribution in [2.75, 3.05) is 19.8 Å². The lowest BCUT2D eigenvalue weighted by atomic mass is 9.91. The molecule has 17 heavy (non-hydrogen) atoms. The normalized spacial score (nSPS) is 24.6. The van der Waals surface area contributed by atoms with Crippen molar-refractivity contribution in [1.29, 1.82) is 0 Å². The van der Waals surface area contributed by atoms with Crippen LogP contribution in [0, 0.1) is 0 Å². The molecule has 1 saturated heterocycles. The Hall–Kier alpha value is -0.610. The third-order valence-electron chi connectivity index (χ3n) is 3.82. The first-order valence-corrected chi connectivity index (χ1v) is 6.83. The van der Waals surface area contributed by atoms with Crippen LogP contribution in [0.15, 0.2) is 0 Å². The average molecular weight is 241 g/mol. The van der Waals surface area contributed by atoms with Crippen molar-refractivity contribution >= 4 is 5.91 Å². The maximum atomic E-state index is 12.2. The minimum absolute atomic E-state index is 0.138. The highest BCUT2D eigenvalue weighted by atomic mass is 16.5. The summed E-state index contributed by atoms with van der Waals surface area (Å²) in [5.41, 5.74) is 0.